The van der Waals surface area contributed by atoms with Crippen molar-refractivity contribution in [1.82, 2.24) is 10.3 Å². The fourth-order valence-corrected chi connectivity index (χ4v) is 3.07. The standard InChI is InChI=1S/C22H22ClN3O3/c23-18-5-1-4-16(11-18)21(27)14-24-9-10-25-19-6-2-3-15(12-19)20-13-17(22(28)29)7-8-26-20/h1-8,11-13,21,24-25,27H,9-10,14H2,(H,28,29). The van der Waals surface area contributed by atoms with Crippen molar-refractivity contribution in [1.29, 1.82) is 0 Å². The number of nitrogens with one attached hydrogen (secondary N) is 2. The van der Waals surface area contributed by atoms with Gasteiger partial charge in [-0.2, -0.15) is 0 Å². The van der Waals surface area contributed by atoms with E-state index in [4.69, 9.17) is 16.7 Å². The topological polar surface area (TPSA) is 94.5 Å². The number of carboxylic acids is 1. The van der Waals surface area contributed by atoms with Crippen molar-refractivity contribution in [3.8, 4) is 11.3 Å². The van der Waals surface area contributed by atoms with E-state index in [0.717, 1.165) is 16.8 Å². The molecule has 0 aliphatic heterocycles. The quantitative estimate of drug-likeness (QED) is 0.400. The van der Waals surface area contributed by atoms with Crippen LogP contribution in [0.4, 0.5) is 5.69 Å². The number of aliphatic hydroxyl groups excluding tert-OH is 1. The SMILES string of the molecule is O=C(O)c1ccnc(-c2cccc(NCCNCC(O)c3cccc(Cl)c3)c2)c1. The van der Waals surface area contributed by atoms with Crippen LogP contribution < -0.4 is 10.6 Å². The molecule has 29 heavy (non-hydrogen) atoms. The number of carboxylic acid groups (broad SMARTS) is 1. The summed E-state index contributed by atoms with van der Waals surface area (Å²) in [6.45, 7) is 1.75. The second-order valence-electron chi connectivity index (χ2n) is 6.52. The highest BCUT2D eigenvalue weighted by atomic mass is 35.5. The van der Waals surface area contributed by atoms with E-state index in [-0.39, 0.29) is 5.56 Å². The monoisotopic (exact) mass is 411 g/mol. The first-order chi connectivity index (χ1) is 14.0. The van der Waals surface area contributed by atoms with Crippen molar-refractivity contribution in [2.45, 2.75) is 6.10 Å². The minimum absolute atomic E-state index is 0.204. The first-order valence-electron chi connectivity index (χ1n) is 9.21. The van der Waals surface area contributed by atoms with E-state index in [2.05, 4.69) is 15.6 Å². The van der Waals surface area contributed by atoms with Gasteiger partial charge in [-0.25, -0.2) is 4.79 Å². The second-order valence-corrected chi connectivity index (χ2v) is 6.95. The molecule has 0 saturated carbocycles. The van der Waals surface area contributed by atoms with E-state index in [1.165, 1.54) is 12.3 Å². The highest BCUT2D eigenvalue weighted by molar-refractivity contribution is 6.30. The van der Waals surface area contributed by atoms with Crippen LogP contribution in [0.15, 0.2) is 66.9 Å². The zero-order valence-electron chi connectivity index (χ0n) is 15.7. The third kappa shape index (κ3) is 6.02. The number of rotatable bonds is 9. The Balaban J connectivity index is 1.50. The molecule has 7 heteroatoms. The van der Waals surface area contributed by atoms with Crippen molar-refractivity contribution < 1.29 is 15.0 Å². The third-order valence-corrected chi connectivity index (χ3v) is 4.60. The van der Waals surface area contributed by atoms with Crippen molar-refractivity contribution >= 4 is 23.3 Å². The smallest absolute Gasteiger partial charge is 0.335 e. The van der Waals surface area contributed by atoms with Gasteiger partial charge in [0.25, 0.3) is 0 Å². The normalized spacial score (nSPS) is 11.8. The van der Waals surface area contributed by atoms with Gasteiger partial charge in [0.05, 0.1) is 17.4 Å². The molecule has 0 saturated heterocycles. The Kier molecular flexibility index (Phi) is 7.19. The lowest BCUT2D eigenvalue weighted by Gasteiger charge is -2.13. The van der Waals surface area contributed by atoms with E-state index in [0.29, 0.717) is 30.4 Å². The zero-order valence-corrected chi connectivity index (χ0v) is 16.4. The number of nitrogens with zero attached hydrogens (tertiary/aromatic N) is 1. The average molecular weight is 412 g/mol. The second kappa shape index (κ2) is 10.0. The molecule has 3 aromatic rings. The Bertz CT molecular complexity index is 981. The molecule has 0 aliphatic rings. The molecule has 0 amide bonds. The minimum atomic E-state index is -0.978. The predicted octanol–water partition coefficient (Wildman–Crippen LogP) is 3.84. The van der Waals surface area contributed by atoms with Gasteiger partial charge in [0.15, 0.2) is 0 Å². The Morgan fingerprint density at radius 3 is 2.69 bits per heavy atom. The van der Waals surface area contributed by atoms with Crippen molar-refractivity contribution in [2.24, 2.45) is 0 Å². The largest absolute Gasteiger partial charge is 0.478 e. The Hall–Kier alpha value is -2.93. The summed E-state index contributed by atoms with van der Waals surface area (Å²) in [5.74, 6) is -0.978. The average Bonchev–Trinajstić information content (AvgIpc) is 2.73. The lowest BCUT2D eigenvalue weighted by Crippen LogP contribution is -2.26. The lowest BCUT2D eigenvalue weighted by molar-refractivity contribution is 0.0697. The van der Waals surface area contributed by atoms with Crippen LogP contribution in [0.5, 0.6) is 0 Å². The number of halogens is 1. The number of carbonyl (C=O) groups is 1. The molecule has 3 rings (SSSR count). The summed E-state index contributed by atoms with van der Waals surface area (Å²) in [4.78, 5) is 15.4. The summed E-state index contributed by atoms with van der Waals surface area (Å²) in [5, 5.41) is 26.4. The Morgan fingerprint density at radius 1 is 1.07 bits per heavy atom. The lowest BCUT2D eigenvalue weighted by atomic mass is 10.1. The maximum Gasteiger partial charge on any atom is 0.335 e. The summed E-state index contributed by atoms with van der Waals surface area (Å²) in [5.41, 5.74) is 3.33. The van der Waals surface area contributed by atoms with Gasteiger partial charge in [0.1, 0.15) is 0 Å². The summed E-state index contributed by atoms with van der Waals surface area (Å²) in [6.07, 6.45) is 0.873. The molecule has 0 aliphatic carbocycles. The number of benzene rings is 2. The number of hydrogen-bond donors (Lipinski definition) is 4. The number of pyridine rings is 1. The van der Waals surface area contributed by atoms with Crippen LogP contribution in [0.2, 0.25) is 5.02 Å². The Morgan fingerprint density at radius 2 is 1.90 bits per heavy atom. The van der Waals surface area contributed by atoms with Crippen LogP contribution in [0.25, 0.3) is 11.3 Å². The number of hydrogen-bond acceptors (Lipinski definition) is 5. The molecule has 6 nitrogen and oxygen atoms in total. The molecular weight excluding hydrogens is 390 g/mol. The van der Waals surface area contributed by atoms with Gasteiger partial charge in [0.2, 0.25) is 0 Å². The predicted molar refractivity (Wildman–Crippen MR) is 114 cm³/mol. The van der Waals surface area contributed by atoms with Crippen molar-refractivity contribution in [3.63, 3.8) is 0 Å². The molecule has 1 aromatic heterocycles. The van der Waals surface area contributed by atoms with Crippen LogP contribution in [0.3, 0.4) is 0 Å². The molecule has 1 atom stereocenters. The van der Waals surface area contributed by atoms with Crippen molar-refractivity contribution in [2.75, 3.05) is 25.0 Å². The maximum absolute atomic E-state index is 11.1. The molecular formula is C22H22ClN3O3. The summed E-state index contributed by atoms with van der Waals surface area (Å²) in [7, 11) is 0. The molecule has 0 fully saturated rings. The molecule has 4 N–H and O–H groups in total. The molecule has 2 aromatic carbocycles. The van der Waals surface area contributed by atoms with Gasteiger partial charge in [-0.15, -0.1) is 0 Å². The fourth-order valence-electron chi connectivity index (χ4n) is 2.88. The highest BCUT2D eigenvalue weighted by Crippen LogP contribution is 2.21. The van der Waals surface area contributed by atoms with E-state index >= 15 is 0 Å². The molecule has 0 bridgehead atoms. The van der Waals surface area contributed by atoms with Gasteiger partial charge in [-0.1, -0.05) is 35.9 Å². The maximum atomic E-state index is 11.1. The fraction of sp³-hybridized carbons (Fsp3) is 0.182. The van der Waals surface area contributed by atoms with E-state index in [1.54, 1.807) is 18.2 Å². The molecule has 0 radical (unpaired) electrons. The molecule has 150 valence electrons. The van der Waals surface area contributed by atoms with Gasteiger partial charge >= 0.3 is 5.97 Å². The summed E-state index contributed by atoms with van der Waals surface area (Å²) < 4.78 is 0. The molecule has 1 heterocycles. The van der Waals surface area contributed by atoms with Crippen LogP contribution in [-0.2, 0) is 0 Å². The van der Waals surface area contributed by atoms with Gasteiger partial charge < -0.3 is 20.8 Å². The number of aromatic nitrogens is 1. The van der Waals surface area contributed by atoms with Crippen LogP contribution in [0.1, 0.15) is 22.0 Å². The highest BCUT2D eigenvalue weighted by Gasteiger charge is 2.08. The molecule has 1 unspecified atom stereocenters. The van der Waals surface area contributed by atoms with Crippen LogP contribution in [-0.4, -0.2) is 40.8 Å². The van der Waals surface area contributed by atoms with Crippen molar-refractivity contribution in [3.05, 3.63) is 83.0 Å². The van der Waals surface area contributed by atoms with E-state index < -0.39 is 12.1 Å². The number of aliphatic hydroxyl groups is 1. The van der Waals surface area contributed by atoms with Crippen LogP contribution in [0, 0.1) is 0 Å². The van der Waals surface area contributed by atoms with Crippen LogP contribution >= 0.6 is 11.6 Å². The number of aromatic carboxylic acids is 1. The summed E-state index contributed by atoms with van der Waals surface area (Å²) >= 11 is 5.95. The number of anilines is 1. The van der Waals surface area contributed by atoms with E-state index in [9.17, 15) is 9.90 Å². The summed E-state index contributed by atoms with van der Waals surface area (Å²) in [6, 6.07) is 17.9. The van der Waals surface area contributed by atoms with Gasteiger partial charge in [0, 0.05) is 42.1 Å². The third-order valence-electron chi connectivity index (χ3n) is 4.37. The zero-order chi connectivity index (χ0) is 20.6. The first kappa shape index (κ1) is 20.8. The Labute approximate surface area is 174 Å². The van der Waals surface area contributed by atoms with Gasteiger partial charge in [-0.05, 0) is 42.0 Å². The van der Waals surface area contributed by atoms with Gasteiger partial charge in [-0.3, -0.25) is 4.98 Å². The first-order valence-corrected chi connectivity index (χ1v) is 9.58. The molecule has 0 spiro atoms. The minimum Gasteiger partial charge on any atom is -0.478 e. The van der Waals surface area contributed by atoms with E-state index in [1.807, 2.05) is 36.4 Å².